The summed E-state index contributed by atoms with van der Waals surface area (Å²) in [5, 5.41) is 0.800. The van der Waals surface area contributed by atoms with Crippen molar-refractivity contribution in [3.8, 4) is 0 Å². The van der Waals surface area contributed by atoms with Crippen molar-refractivity contribution in [2.24, 2.45) is 10.4 Å². The Kier molecular flexibility index (Phi) is 2.15. The highest BCUT2D eigenvalue weighted by atomic mass is 35.5. The second kappa shape index (κ2) is 3.09. The molecule has 0 amide bonds. The Labute approximate surface area is 89.8 Å². The summed E-state index contributed by atoms with van der Waals surface area (Å²) in [6, 6.07) is 5.91. The van der Waals surface area contributed by atoms with Gasteiger partial charge in [-0.2, -0.15) is 0 Å². The van der Waals surface area contributed by atoms with E-state index in [-0.39, 0.29) is 5.41 Å². The summed E-state index contributed by atoms with van der Waals surface area (Å²) in [6.45, 7) is 6.58. The van der Waals surface area contributed by atoms with Crippen molar-refractivity contribution in [2.45, 2.75) is 27.2 Å². The van der Waals surface area contributed by atoms with Crippen LogP contribution in [0.1, 0.15) is 26.3 Å². The maximum absolute atomic E-state index is 5.93. The van der Waals surface area contributed by atoms with E-state index < -0.39 is 0 Å². The predicted octanol–water partition coefficient (Wildman–Crippen LogP) is 4.01. The molecule has 0 N–H and O–H groups in total. The molecule has 1 aliphatic rings. The molecule has 2 heteroatoms. The van der Waals surface area contributed by atoms with Crippen LogP contribution in [0.3, 0.4) is 0 Å². The lowest BCUT2D eigenvalue weighted by Gasteiger charge is -2.17. The number of fused-ring (bicyclic) bond motifs is 1. The predicted molar refractivity (Wildman–Crippen MR) is 61.7 cm³/mol. The zero-order chi connectivity index (χ0) is 10.3. The van der Waals surface area contributed by atoms with Crippen molar-refractivity contribution in [3.05, 3.63) is 28.8 Å². The molecule has 0 radical (unpaired) electrons. The first-order valence-electron chi connectivity index (χ1n) is 4.83. The van der Waals surface area contributed by atoms with Gasteiger partial charge in [0, 0.05) is 22.6 Å². The molecule has 0 saturated heterocycles. The standard InChI is InChI=1S/C12H14ClN/c1-12(2,3)11-7-8-6-9(13)4-5-10(8)14-11/h4-6H,7H2,1-3H3. The number of aliphatic imine (C=N–C) groups is 1. The van der Waals surface area contributed by atoms with Gasteiger partial charge < -0.3 is 0 Å². The molecule has 2 rings (SSSR count). The molecule has 0 saturated carbocycles. The second-order valence-electron chi connectivity index (χ2n) is 4.76. The van der Waals surface area contributed by atoms with Gasteiger partial charge in [-0.3, -0.25) is 4.99 Å². The van der Waals surface area contributed by atoms with Crippen LogP contribution in [0.4, 0.5) is 5.69 Å². The lowest BCUT2D eigenvalue weighted by molar-refractivity contribution is 0.584. The quantitative estimate of drug-likeness (QED) is 0.610. The minimum atomic E-state index is 0.158. The first kappa shape index (κ1) is 9.72. The van der Waals surface area contributed by atoms with Crippen LogP contribution in [0.15, 0.2) is 23.2 Å². The molecule has 0 fully saturated rings. The summed E-state index contributed by atoms with van der Waals surface area (Å²) >= 11 is 5.93. The highest BCUT2D eigenvalue weighted by Gasteiger charge is 2.24. The fraction of sp³-hybridized carbons (Fsp3) is 0.417. The van der Waals surface area contributed by atoms with E-state index in [0.29, 0.717) is 0 Å². The zero-order valence-corrected chi connectivity index (χ0v) is 9.52. The lowest BCUT2D eigenvalue weighted by atomic mass is 9.87. The van der Waals surface area contributed by atoms with Gasteiger partial charge in [0.2, 0.25) is 0 Å². The summed E-state index contributed by atoms with van der Waals surface area (Å²) in [6.07, 6.45) is 0.944. The fourth-order valence-electron chi connectivity index (χ4n) is 1.60. The number of nitrogens with zero attached hydrogens (tertiary/aromatic N) is 1. The van der Waals surface area contributed by atoms with E-state index in [1.807, 2.05) is 18.2 Å². The molecule has 1 aliphatic heterocycles. The smallest absolute Gasteiger partial charge is 0.0666 e. The van der Waals surface area contributed by atoms with Crippen molar-refractivity contribution in [1.82, 2.24) is 0 Å². The third kappa shape index (κ3) is 1.69. The highest BCUT2D eigenvalue weighted by Crippen LogP contribution is 2.34. The van der Waals surface area contributed by atoms with Gasteiger partial charge in [-0.15, -0.1) is 0 Å². The molecule has 0 atom stereocenters. The molecule has 1 aromatic carbocycles. The summed E-state index contributed by atoms with van der Waals surface area (Å²) in [4.78, 5) is 4.62. The van der Waals surface area contributed by atoms with Crippen molar-refractivity contribution < 1.29 is 0 Å². The molecule has 0 aromatic heterocycles. The van der Waals surface area contributed by atoms with E-state index in [1.54, 1.807) is 0 Å². The number of rotatable bonds is 0. The SMILES string of the molecule is CC(C)(C)C1=Nc2ccc(Cl)cc2C1. The normalized spacial score (nSPS) is 15.3. The number of benzene rings is 1. The first-order chi connectivity index (χ1) is 6.47. The third-order valence-electron chi connectivity index (χ3n) is 2.52. The largest absolute Gasteiger partial charge is 0.257 e. The number of hydrogen-bond donors (Lipinski definition) is 0. The van der Waals surface area contributed by atoms with E-state index in [9.17, 15) is 0 Å². The van der Waals surface area contributed by atoms with Gasteiger partial charge in [0.25, 0.3) is 0 Å². The Bertz CT molecular complexity index is 399. The van der Waals surface area contributed by atoms with Gasteiger partial charge in [0.1, 0.15) is 0 Å². The van der Waals surface area contributed by atoms with Crippen LogP contribution in [0.25, 0.3) is 0 Å². The van der Waals surface area contributed by atoms with Crippen LogP contribution < -0.4 is 0 Å². The van der Waals surface area contributed by atoms with Crippen LogP contribution in [-0.4, -0.2) is 5.71 Å². The Morgan fingerprint density at radius 2 is 2.00 bits per heavy atom. The molecule has 1 nitrogen and oxygen atoms in total. The van der Waals surface area contributed by atoms with Gasteiger partial charge in [0.05, 0.1) is 5.69 Å². The van der Waals surface area contributed by atoms with Crippen LogP contribution >= 0.6 is 11.6 Å². The van der Waals surface area contributed by atoms with Gasteiger partial charge in [0.15, 0.2) is 0 Å². The summed E-state index contributed by atoms with van der Waals surface area (Å²) in [5.41, 5.74) is 3.74. The van der Waals surface area contributed by atoms with Gasteiger partial charge >= 0.3 is 0 Å². The Balaban J connectivity index is 2.37. The number of hydrogen-bond acceptors (Lipinski definition) is 1. The molecular weight excluding hydrogens is 194 g/mol. The minimum absolute atomic E-state index is 0.158. The first-order valence-corrected chi connectivity index (χ1v) is 5.21. The topological polar surface area (TPSA) is 12.4 Å². The molecule has 14 heavy (non-hydrogen) atoms. The molecule has 1 heterocycles. The molecule has 0 spiro atoms. The number of halogens is 1. The van der Waals surface area contributed by atoms with Crippen LogP contribution in [0, 0.1) is 5.41 Å². The van der Waals surface area contributed by atoms with E-state index in [4.69, 9.17) is 11.6 Å². The average Bonchev–Trinajstić information content (AvgIpc) is 2.45. The maximum atomic E-state index is 5.93. The van der Waals surface area contributed by atoms with Crippen molar-refractivity contribution in [3.63, 3.8) is 0 Å². The molecule has 74 valence electrons. The molecule has 0 unspecified atom stereocenters. The Hall–Kier alpha value is -0.820. The average molecular weight is 208 g/mol. The molecule has 0 bridgehead atoms. The minimum Gasteiger partial charge on any atom is -0.257 e. The monoisotopic (exact) mass is 207 g/mol. The van der Waals surface area contributed by atoms with E-state index in [2.05, 4.69) is 25.8 Å². The van der Waals surface area contributed by atoms with E-state index in [0.717, 1.165) is 17.1 Å². The van der Waals surface area contributed by atoms with Crippen molar-refractivity contribution >= 4 is 23.0 Å². The maximum Gasteiger partial charge on any atom is 0.0666 e. The van der Waals surface area contributed by atoms with Gasteiger partial charge in [-0.05, 0) is 23.8 Å². The van der Waals surface area contributed by atoms with Crippen LogP contribution in [-0.2, 0) is 6.42 Å². The van der Waals surface area contributed by atoms with Crippen LogP contribution in [0.2, 0.25) is 5.02 Å². The van der Waals surface area contributed by atoms with Gasteiger partial charge in [-0.25, -0.2) is 0 Å². The molecular formula is C12H14ClN. The Morgan fingerprint density at radius 1 is 1.29 bits per heavy atom. The van der Waals surface area contributed by atoms with Crippen molar-refractivity contribution in [2.75, 3.05) is 0 Å². The second-order valence-corrected chi connectivity index (χ2v) is 5.19. The van der Waals surface area contributed by atoms with E-state index in [1.165, 1.54) is 11.3 Å². The summed E-state index contributed by atoms with van der Waals surface area (Å²) in [7, 11) is 0. The molecule has 0 aliphatic carbocycles. The molecule has 1 aromatic rings. The fourth-order valence-corrected chi connectivity index (χ4v) is 1.80. The van der Waals surface area contributed by atoms with Crippen molar-refractivity contribution in [1.29, 1.82) is 0 Å². The lowest BCUT2D eigenvalue weighted by Crippen LogP contribution is -2.19. The third-order valence-corrected chi connectivity index (χ3v) is 2.76. The highest BCUT2D eigenvalue weighted by molar-refractivity contribution is 6.30. The zero-order valence-electron chi connectivity index (χ0n) is 8.76. The Morgan fingerprint density at radius 3 is 2.64 bits per heavy atom. The van der Waals surface area contributed by atoms with Gasteiger partial charge in [-0.1, -0.05) is 32.4 Å². The summed E-state index contributed by atoms with van der Waals surface area (Å²) in [5.74, 6) is 0. The summed E-state index contributed by atoms with van der Waals surface area (Å²) < 4.78 is 0. The van der Waals surface area contributed by atoms with Crippen LogP contribution in [0.5, 0.6) is 0 Å². The van der Waals surface area contributed by atoms with E-state index >= 15 is 0 Å².